The average molecular weight is 331 g/mol. The van der Waals surface area contributed by atoms with Crippen molar-refractivity contribution < 1.29 is 19.2 Å². The standard InChI is InChI=1S/C16H17N3O5/c1-16(2,3)24-15(20)18-11-4-6-12(7-5-11)23-13-8-9-14(17-10-13)19(21)22/h4-10H,1-3H3,(H,18,20). The van der Waals surface area contributed by atoms with Crippen molar-refractivity contribution in [3.8, 4) is 11.5 Å². The van der Waals surface area contributed by atoms with Crippen LogP contribution in [0.1, 0.15) is 20.8 Å². The fraction of sp³-hybridized carbons (Fsp3) is 0.250. The van der Waals surface area contributed by atoms with Gasteiger partial charge in [-0.3, -0.25) is 5.32 Å². The molecule has 1 aromatic carbocycles. The minimum atomic E-state index is -0.582. The maximum Gasteiger partial charge on any atom is 0.412 e. The number of nitrogens with zero attached hydrogens (tertiary/aromatic N) is 2. The van der Waals surface area contributed by atoms with Gasteiger partial charge < -0.3 is 19.6 Å². The molecule has 2 aromatic rings. The number of hydrogen-bond acceptors (Lipinski definition) is 6. The van der Waals surface area contributed by atoms with Crippen LogP contribution in [0.4, 0.5) is 16.3 Å². The largest absolute Gasteiger partial charge is 0.453 e. The number of carbonyl (C=O) groups excluding carboxylic acids is 1. The van der Waals surface area contributed by atoms with Crippen LogP contribution in [0.15, 0.2) is 42.6 Å². The van der Waals surface area contributed by atoms with Gasteiger partial charge in [0.2, 0.25) is 0 Å². The summed E-state index contributed by atoms with van der Waals surface area (Å²) in [6.07, 6.45) is 0.723. The minimum Gasteiger partial charge on any atom is -0.453 e. The number of pyridine rings is 1. The second-order valence-corrected chi connectivity index (χ2v) is 5.86. The molecular formula is C16H17N3O5. The highest BCUT2D eigenvalue weighted by Gasteiger charge is 2.16. The zero-order chi connectivity index (χ0) is 17.7. The van der Waals surface area contributed by atoms with Crippen LogP contribution < -0.4 is 10.1 Å². The van der Waals surface area contributed by atoms with Crippen molar-refractivity contribution in [1.29, 1.82) is 0 Å². The van der Waals surface area contributed by atoms with E-state index in [4.69, 9.17) is 9.47 Å². The first kappa shape index (κ1) is 17.2. The summed E-state index contributed by atoms with van der Waals surface area (Å²) in [6, 6.07) is 9.31. The van der Waals surface area contributed by atoms with Gasteiger partial charge in [0.1, 0.15) is 11.4 Å². The number of nitrogens with one attached hydrogen (secondary N) is 1. The molecule has 1 N–H and O–H groups in total. The number of anilines is 1. The fourth-order valence-corrected chi connectivity index (χ4v) is 1.70. The molecule has 0 atom stereocenters. The molecule has 126 valence electrons. The third-order valence-corrected chi connectivity index (χ3v) is 2.64. The van der Waals surface area contributed by atoms with E-state index in [9.17, 15) is 14.9 Å². The highest BCUT2D eigenvalue weighted by molar-refractivity contribution is 5.84. The molecule has 0 saturated carbocycles. The molecule has 1 aromatic heterocycles. The Balaban J connectivity index is 1.96. The van der Waals surface area contributed by atoms with Crippen LogP contribution in [-0.2, 0) is 4.74 Å². The van der Waals surface area contributed by atoms with Crippen molar-refractivity contribution in [2.45, 2.75) is 26.4 Å². The molecule has 2 rings (SSSR count). The first-order valence-corrected chi connectivity index (χ1v) is 7.11. The number of ether oxygens (including phenoxy) is 2. The van der Waals surface area contributed by atoms with Gasteiger partial charge in [-0.25, -0.2) is 4.79 Å². The van der Waals surface area contributed by atoms with E-state index < -0.39 is 16.6 Å². The molecule has 8 nitrogen and oxygen atoms in total. The van der Waals surface area contributed by atoms with Crippen LogP contribution in [-0.4, -0.2) is 21.6 Å². The molecule has 0 saturated heterocycles. The lowest BCUT2D eigenvalue weighted by Crippen LogP contribution is -2.27. The van der Waals surface area contributed by atoms with Gasteiger partial charge in [-0.1, -0.05) is 0 Å². The Kier molecular flexibility index (Phi) is 4.98. The number of amides is 1. The predicted molar refractivity (Wildman–Crippen MR) is 87.3 cm³/mol. The van der Waals surface area contributed by atoms with E-state index in [0.29, 0.717) is 17.2 Å². The minimum absolute atomic E-state index is 0.251. The Hall–Kier alpha value is -3.16. The smallest absolute Gasteiger partial charge is 0.412 e. The summed E-state index contributed by atoms with van der Waals surface area (Å²) in [5, 5.41) is 13.1. The molecule has 0 spiro atoms. The monoisotopic (exact) mass is 331 g/mol. The number of hydrogen-bond donors (Lipinski definition) is 1. The number of rotatable bonds is 4. The lowest BCUT2D eigenvalue weighted by molar-refractivity contribution is -0.389. The van der Waals surface area contributed by atoms with Crippen LogP contribution >= 0.6 is 0 Å². The Labute approximate surface area is 138 Å². The van der Waals surface area contributed by atoms with Crippen LogP contribution in [0.25, 0.3) is 0 Å². The van der Waals surface area contributed by atoms with E-state index in [2.05, 4.69) is 10.3 Å². The molecule has 1 amide bonds. The number of carbonyl (C=O) groups is 1. The lowest BCUT2D eigenvalue weighted by Gasteiger charge is -2.19. The zero-order valence-electron chi connectivity index (χ0n) is 13.5. The highest BCUT2D eigenvalue weighted by Crippen LogP contribution is 2.23. The first-order valence-electron chi connectivity index (χ1n) is 7.11. The predicted octanol–water partition coefficient (Wildman–Crippen LogP) is 4.13. The van der Waals surface area contributed by atoms with Crippen molar-refractivity contribution in [1.82, 2.24) is 4.98 Å². The Morgan fingerprint density at radius 2 is 1.75 bits per heavy atom. The molecule has 0 unspecified atom stereocenters. The van der Waals surface area contributed by atoms with E-state index in [1.807, 2.05) is 0 Å². The van der Waals surface area contributed by atoms with Gasteiger partial charge in [0.15, 0.2) is 11.9 Å². The summed E-state index contributed by atoms with van der Waals surface area (Å²) in [4.78, 5) is 25.3. The zero-order valence-corrected chi connectivity index (χ0v) is 13.5. The van der Waals surface area contributed by atoms with E-state index in [-0.39, 0.29) is 5.82 Å². The van der Waals surface area contributed by atoms with E-state index in [1.54, 1.807) is 45.0 Å². The molecule has 1 heterocycles. The SMILES string of the molecule is CC(C)(C)OC(=O)Nc1ccc(Oc2ccc([N+](=O)[O-])nc2)cc1. The average Bonchev–Trinajstić information content (AvgIpc) is 2.48. The molecule has 0 aliphatic heterocycles. The second kappa shape index (κ2) is 6.95. The molecular weight excluding hydrogens is 314 g/mol. The highest BCUT2D eigenvalue weighted by atomic mass is 16.6. The molecule has 0 bridgehead atoms. The van der Waals surface area contributed by atoms with Crippen LogP contribution in [0.2, 0.25) is 0 Å². The summed E-state index contributed by atoms with van der Waals surface area (Å²) in [5.41, 5.74) is -0.0193. The van der Waals surface area contributed by atoms with E-state index in [1.165, 1.54) is 18.3 Å². The number of nitro groups is 1. The van der Waals surface area contributed by atoms with Gasteiger partial charge in [-0.15, -0.1) is 0 Å². The second-order valence-electron chi connectivity index (χ2n) is 5.86. The van der Waals surface area contributed by atoms with Crippen LogP contribution in [0.5, 0.6) is 11.5 Å². The number of aromatic nitrogens is 1. The van der Waals surface area contributed by atoms with Gasteiger partial charge in [0.05, 0.1) is 0 Å². The molecule has 0 aliphatic carbocycles. The van der Waals surface area contributed by atoms with Gasteiger partial charge in [-0.2, -0.15) is 0 Å². The van der Waals surface area contributed by atoms with Crippen molar-refractivity contribution in [2.75, 3.05) is 5.32 Å². The van der Waals surface area contributed by atoms with E-state index >= 15 is 0 Å². The van der Waals surface area contributed by atoms with Crippen molar-refractivity contribution in [3.05, 3.63) is 52.7 Å². The fourth-order valence-electron chi connectivity index (χ4n) is 1.70. The normalized spacial score (nSPS) is 10.8. The lowest BCUT2D eigenvalue weighted by atomic mass is 10.2. The Morgan fingerprint density at radius 1 is 1.12 bits per heavy atom. The Bertz CT molecular complexity index is 721. The van der Waals surface area contributed by atoms with Crippen LogP contribution in [0.3, 0.4) is 0 Å². The maximum absolute atomic E-state index is 11.7. The molecule has 24 heavy (non-hydrogen) atoms. The Morgan fingerprint density at radius 3 is 2.25 bits per heavy atom. The summed E-state index contributed by atoms with van der Waals surface area (Å²) >= 11 is 0. The topological polar surface area (TPSA) is 104 Å². The summed E-state index contributed by atoms with van der Waals surface area (Å²) in [6.45, 7) is 5.34. The quantitative estimate of drug-likeness (QED) is 0.667. The van der Waals surface area contributed by atoms with Crippen LogP contribution in [0, 0.1) is 10.1 Å². The molecule has 8 heteroatoms. The van der Waals surface area contributed by atoms with Crippen molar-refractivity contribution in [2.24, 2.45) is 0 Å². The van der Waals surface area contributed by atoms with Crippen molar-refractivity contribution in [3.63, 3.8) is 0 Å². The third-order valence-electron chi connectivity index (χ3n) is 2.64. The van der Waals surface area contributed by atoms with E-state index in [0.717, 1.165) is 0 Å². The maximum atomic E-state index is 11.7. The summed E-state index contributed by atoms with van der Waals surface area (Å²) in [5.74, 6) is 0.619. The third kappa shape index (κ3) is 5.24. The van der Waals surface area contributed by atoms with Gasteiger partial charge >= 0.3 is 11.9 Å². The van der Waals surface area contributed by atoms with Gasteiger partial charge in [-0.05, 0) is 61.0 Å². The molecule has 0 fully saturated rings. The first-order chi connectivity index (χ1) is 11.2. The number of benzene rings is 1. The van der Waals surface area contributed by atoms with Crippen molar-refractivity contribution >= 4 is 17.6 Å². The van der Waals surface area contributed by atoms with Gasteiger partial charge in [0.25, 0.3) is 0 Å². The van der Waals surface area contributed by atoms with Gasteiger partial charge in [0, 0.05) is 11.8 Å². The molecule has 0 aliphatic rings. The summed E-state index contributed by atoms with van der Waals surface area (Å²) < 4.78 is 10.7. The molecule has 0 radical (unpaired) electrons. The summed E-state index contributed by atoms with van der Waals surface area (Å²) in [7, 11) is 0.